The molecule has 0 bridgehead atoms. The molecule has 1 unspecified atom stereocenters. The molecule has 3 aromatic rings. The van der Waals surface area contributed by atoms with Gasteiger partial charge in [0.2, 0.25) is 0 Å². The molecule has 7 heteroatoms. The van der Waals surface area contributed by atoms with E-state index < -0.39 is 17.7 Å². The van der Waals surface area contributed by atoms with Gasteiger partial charge in [0.1, 0.15) is 17.7 Å². The van der Waals surface area contributed by atoms with Crippen molar-refractivity contribution in [2.24, 2.45) is 7.05 Å². The van der Waals surface area contributed by atoms with Gasteiger partial charge in [0.25, 0.3) is 0 Å². The van der Waals surface area contributed by atoms with Crippen LogP contribution < -0.4 is 0 Å². The van der Waals surface area contributed by atoms with Crippen LogP contribution in [0.1, 0.15) is 23.1 Å². The molecule has 0 aliphatic carbocycles. The second-order valence-electron chi connectivity index (χ2n) is 5.66. The van der Waals surface area contributed by atoms with Crippen LogP contribution in [-0.4, -0.2) is 14.9 Å². The van der Waals surface area contributed by atoms with Crippen molar-refractivity contribution in [3.05, 3.63) is 75.0 Å². The summed E-state index contributed by atoms with van der Waals surface area (Å²) >= 11 is 12.3. The Morgan fingerprint density at radius 1 is 1.04 bits per heavy atom. The molecular formula is C18H14Cl2F2N2O. The van der Waals surface area contributed by atoms with Crippen molar-refractivity contribution in [1.29, 1.82) is 0 Å². The van der Waals surface area contributed by atoms with Gasteiger partial charge in [-0.05, 0) is 37.3 Å². The van der Waals surface area contributed by atoms with Gasteiger partial charge < -0.3 is 5.11 Å². The molecule has 25 heavy (non-hydrogen) atoms. The maximum Gasteiger partial charge on any atom is 0.124 e. The smallest absolute Gasteiger partial charge is 0.124 e. The summed E-state index contributed by atoms with van der Waals surface area (Å²) in [6.45, 7) is 1.76. The van der Waals surface area contributed by atoms with E-state index in [1.807, 2.05) is 0 Å². The second kappa shape index (κ2) is 6.75. The fourth-order valence-electron chi connectivity index (χ4n) is 2.89. The highest BCUT2D eigenvalue weighted by molar-refractivity contribution is 6.33. The number of benzene rings is 2. The highest BCUT2D eigenvalue weighted by Gasteiger charge is 2.26. The number of rotatable bonds is 3. The summed E-state index contributed by atoms with van der Waals surface area (Å²) < 4.78 is 28.2. The molecule has 0 aliphatic heterocycles. The van der Waals surface area contributed by atoms with Crippen molar-refractivity contribution >= 4 is 23.2 Å². The van der Waals surface area contributed by atoms with E-state index in [0.717, 1.165) is 6.07 Å². The van der Waals surface area contributed by atoms with E-state index in [4.69, 9.17) is 23.2 Å². The normalized spacial score (nSPS) is 12.4. The SMILES string of the molecule is Cc1nn(C)c(C(O)c2ccc(F)cc2Cl)c1-c1ccc(F)cc1Cl. The van der Waals surface area contributed by atoms with Gasteiger partial charge in [0, 0.05) is 28.8 Å². The van der Waals surface area contributed by atoms with Crippen LogP contribution in [-0.2, 0) is 7.05 Å². The van der Waals surface area contributed by atoms with Crippen LogP contribution in [0.15, 0.2) is 36.4 Å². The molecule has 1 heterocycles. The molecule has 1 atom stereocenters. The fourth-order valence-corrected chi connectivity index (χ4v) is 3.42. The van der Waals surface area contributed by atoms with Crippen LogP contribution in [0.3, 0.4) is 0 Å². The van der Waals surface area contributed by atoms with Crippen molar-refractivity contribution < 1.29 is 13.9 Å². The lowest BCUT2D eigenvalue weighted by atomic mass is 9.97. The number of hydrogen-bond acceptors (Lipinski definition) is 2. The zero-order chi connectivity index (χ0) is 18.3. The van der Waals surface area contributed by atoms with Gasteiger partial charge in [0.15, 0.2) is 0 Å². The Hall–Kier alpha value is -1.95. The number of halogens is 4. The highest BCUT2D eigenvalue weighted by atomic mass is 35.5. The molecule has 0 saturated carbocycles. The van der Waals surface area contributed by atoms with Crippen molar-refractivity contribution in [2.45, 2.75) is 13.0 Å². The Labute approximate surface area is 153 Å². The van der Waals surface area contributed by atoms with E-state index in [0.29, 0.717) is 28.1 Å². The van der Waals surface area contributed by atoms with E-state index in [9.17, 15) is 13.9 Å². The predicted molar refractivity (Wildman–Crippen MR) is 93.8 cm³/mol. The molecule has 2 aromatic carbocycles. The van der Waals surface area contributed by atoms with E-state index in [1.54, 1.807) is 14.0 Å². The Morgan fingerprint density at radius 3 is 2.24 bits per heavy atom. The highest BCUT2D eigenvalue weighted by Crippen LogP contribution is 2.39. The van der Waals surface area contributed by atoms with Crippen molar-refractivity contribution in [3.8, 4) is 11.1 Å². The first-order valence-corrected chi connectivity index (χ1v) is 8.17. The number of hydrogen-bond donors (Lipinski definition) is 1. The van der Waals surface area contributed by atoms with Crippen molar-refractivity contribution in [1.82, 2.24) is 9.78 Å². The summed E-state index contributed by atoms with van der Waals surface area (Å²) in [7, 11) is 1.67. The first kappa shape index (κ1) is 17.9. The van der Waals surface area contributed by atoms with Gasteiger partial charge in [-0.2, -0.15) is 5.10 Å². The number of aromatic nitrogens is 2. The minimum Gasteiger partial charge on any atom is -0.382 e. The molecular weight excluding hydrogens is 369 g/mol. The van der Waals surface area contributed by atoms with Gasteiger partial charge in [-0.1, -0.05) is 29.3 Å². The lowest BCUT2D eigenvalue weighted by Crippen LogP contribution is -2.09. The van der Waals surface area contributed by atoms with Crippen LogP contribution in [0.25, 0.3) is 11.1 Å². The average molecular weight is 383 g/mol. The monoisotopic (exact) mass is 382 g/mol. The van der Waals surface area contributed by atoms with Gasteiger partial charge in [-0.3, -0.25) is 4.68 Å². The lowest BCUT2D eigenvalue weighted by Gasteiger charge is -2.16. The standard InChI is InChI=1S/C18H14Cl2F2N2O/c1-9-16(12-5-3-10(21)7-14(12)19)17(24(2)23-9)18(25)13-6-4-11(22)8-15(13)20/h3-8,18,25H,1-2H3. The molecule has 3 nitrogen and oxygen atoms in total. The third-order valence-corrected chi connectivity index (χ3v) is 4.62. The molecule has 1 N–H and O–H groups in total. The lowest BCUT2D eigenvalue weighted by molar-refractivity contribution is 0.210. The van der Waals surface area contributed by atoms with Gasteiger partial charge in [-0.15, -0.1) is 0 Å². The molecule has 1 aromatic heterocycles. The Balaban J connectivity index is 2.20. The second-order valence-corrected chi connectivity index (χ2v) is 6.48. The molecule has 0 fully saturated rings. The van der Waals surface area contributed by atoms with Crippen LogP contribution >= 0.6 is 23.2 Å². The van der Waals surface area contributed by atoms with E-state index in [1.165, 1.54) is 35.0 Å². The third kappa shape index (κ3) is 3.27. The quantitative estimate of drug-likeness (QED) is 0.687. The predicted octanol–water partition coefficient (Wildman–Crippen LogP) is 5.06. The molecule has 0 spiro atoms. The zero-order valence-corrected chi connectivity index (χ0v) is 14.9. The first-order valence-electron chi connectivity index (χ1n) is 7.41. The van der Waals surface area contributed by atoms with Crippen LogP contribution in [0.5, 0.6) is 0 Å². The summed E-state index contributed by atoms with van der Waals surface area (Å²) in [6, 6.07) is 7.79. The molecule has 3 rings (SSSR count). The average Bonchev–Trinajstić information content (AvgIpc) is 2.81. The van der Waals surface area contributed by atoms with E-state index in [2.05, 4.69) is 5.10 Å². The molecule has 0 radical (unpaired) electrons. The number of nitrogens with zero attached hydrogens (tertiary/aromatic N) is 2. The van der Waals surface area contributed by atoms with E-state index in [-0.39, 0.29) is 10.0 Å². The summed E-state index contributed by atoms with van der Waals surface area (Å²) in [4.78, 5) is 0. The Bertz CT molecular complexity index is 956. The van der Waals surface area contributed by atoms with Gasteiger partial charge in [-0.25, -0.2) is 8.78 Å². The van der Waals surface area contributed by atoms with E-state index >= 15 is 0 Å². The van der Waals surface area contributed by atoms with Crippen LogP contribution in [0.2, 0.25) is 10.0 Å². The molecule has 0 amide bonds. The van der Waals surface area contributed by atoms with Crippen molar-refractivity contribution in [2.75, 3.05) is 0 Å². The van der Waals surface area contributed by atoms with Crippen molar-refractivity contribution in [3.63, 3.8) is 0 Å². The number of aliphatic hydroxyl groups is 1. The Morgan fingerprint density at radius 2 is 1.64 bits per heavy atom. The summed E-state index contributed by atoms with van der Waals surface area (Å²) in [6.07, 6.45) is -1.16. The topological polar surface area (TPSA) is 38.0 Å². The summed E-state index contributed by atoms with van der Waals surface area (Å²) in [5.74, 6) is -0.956. The minimum absolute atomic E-state index is 0.0995. The molecule has 0 saturated heterocycles. The largest absolute Gasteiger partial charge is 0.382 e. The third-order valence-electron chi connectivity index (χ3n) is 3.98. The fraction of sp³-hybridized carbons (Fsp3) is 0.167. The Kier molecular flexibility index (Phi) is 4.82. The van der Waals surface area contributed by atoms with Gasteiger partial charge in [0.05, 0.1) is 16.4 Å². The molecule has 130 valence electrons. The van der Waals surface area contributed by atoms with Gasteiger partial charge >= 0.3 is 0 Å². The number of aryl methyl sites for hydroxylation is 2. The summed E-state index contributed by atoms with van der Waals surface area (Å²) in [5.41, 5.74) is 2.51. The first-order chi connectivity index (χ1) is 11.8. The zero-order valence-electron chi connectivity index (χ0n) is 13.4. The summed E-state index contributed by atoms with van der Waals surface area (Å²) in [5, 5.41) is 15.5. The molecule has 0 aliphatic rings. The number of aliphatic hydroxyl groups excluding tert-OH is 1. The van der Waals surface area contributed by atoms with Crippen LogP contribution in [0.4, 0.5) is 8.78 Å². The maximum atomic E-state index is 13.4. The minimum atomic E-state index is -1.16. The van der Waals surface area contributed by atoms with Crippen LogP contribution in [0, 0.1) is 18.6 Å². The maximum absolute atomic E-state index is 13.4.